The number of nitrogens with two attached hydrogens (primary N) is 1. The molecule has 114 valence electrons. The van der Waals surface area contributed by atoms with Gasteiger partial charge in [0.25, 0.3) is 0 Å². The van der Waals surface area contributed by atoms with Crippen LogP contribution < -0.4 is 5.73 Å². The van der Waals surface area contributed by atoms with Crippen molar-refractivity contribution in [2.75, 3.05) is 26.2 Å². The molecule has 2 saturated carbocycles. The van der Waals surface area contributed by atoms with Crippen molar-refractivity contribution in [3.63, 3.8) is 0 Å². The molecule has 1 heterocycles. The molecule has 4 heteroatoms. The first-order chi connectivity index (χ1) is 9.66. The standard InChI is InChI=1S/C16H29N3O/c17-16(7-3-4-8-16)13-15(20)19-11-9-18(10-12-19)14-5-1-2-6-14/h14H,1-13,17H2. The van der Waals surface area contributed by atoms with Gasteiger partial charge in [0.05, 0.1) is 0 Å². The van der Waals surface area contributed by atoms with Crippen LogP contribution in [-0.4, -0.2) is 53.5 Å². The highest BCUT2D eigenvalue weighted by atomic mass is 16.2. The predicted molar refractivity (Wildman–Crippen MR) is 80.4 cm³/mol. The van der Waals surface area contributed by atoms with Crippen LogP contribution in [0.1, 0.15) is 57.8 Å². The minimum absolute atomic E-state index is 0.195. The molecule has 20 heavy (non-hydrogen) atoms. The van der Waals surface area contributed by atoms with Gasteiger partial charge in [0, 0.05) is 44.2 Å². The number of hydrogen-bond acceptors (Lipinski definition) is 3. The van der Waals surface area contributed by atoms with E-state index in [1.54, 1.807) is 0 Å². The van der Waals surface area contributed by atoms with Crippen molar-refractivity contribution in [2.24, 2.45) is 5.73 Å². The van der Waals surface area contributed by atoms with Gasteiger partial charge >= 0.3 is 0 Å². The second kappa shape index (κ2) is 6.02. The Hall–Kier alpha value is -0.610. The number of nitrogens with zero attached hydrogens (tertiary/aromatic N) is 2. The number of carbonyl (C=O) groups excluding carboxylic acids is 1. The summed E-state index contributed by atoms with van der Waals surface area (Å²) >= 11 is 0. The maximum atomic E-state index is 12.4. The molecule has 0 radical (unpaired) electrons. The Morgan fingerprint density at radius 3 is 2.20 bits per heavy atom. The molecular formula is C16H29N3O. The molecule has 0 bridgehead atoms. The summed E-state index contributed by atoms with van der Waals surface area (Å²) in [5, 5.41) is 0. The van der Waals surface area contributed by atoms with Gasteiger partial charge in [0.2, 0.25) is 5.91 Å². The largest absolute Gasteiger partial charge is 0.340 e. The highest BCUT2D eigenvalue weighted by Crippen LogP contribution is 2.31. The fourth-order valence-electron chi connectivity index (χ4n) is 4.27. The fourth-order valence-corrected chi connectivity index (χ4v) is 4.27. The van der Waals surface area contributed by atoms with Crippen molar-refractivity contribution in [3.8, 4) is 0 Å². The van der Waals surface area contributed by atoms with Crippen LogP contribution in [0.5, 0.6) is 0 Å². The van der Waals surface area contributed by atoms with Crippen molar-refractivity contribution in [1.29, 1.82) is 0 Å². The van der Waals surface area contributed by atoms with Gasteiger partial charge in [-0.25, -0.2) is 0 Å². The summed E-state index contributed by atoms with van der Waals surface area (Å²) in [6, 6.07) is 0.794. The summed E-state index contributed by atoms with van der Waals surface area (Å²) in [7, 11) is 0. The Balaban J connectivity index is 1.46. The van der Waals surface area contributed by atoms with E-state index in [1.807, 2.05) is 0 Å². The van der Waals surface area contributed by atoms with Crippen LogP contribution in [0.15, 0.2) is 0 Å². The number of rotatable bonds is 3. The van der Waals surface area contributed by atoms with Crippen molar-refractivity contribution in [2.45, 2.75) is 69.4 Å². The third-order valence-corrected chi connectivity index (χ3v) is 5.61. The van der Waals surface area contributed by atoms with Crippen molar-refractivity contribution in [3.05, 3.63) is 0 Å². The van der Waals surface area contributed by atoms with E-state index in [9.17, 15) is 4.79 Å². The zero-order chi connectivity index (χ0) is 14.0. The van der Waals surface area contributed by atoms with Gasteiger partial charge in [-0.2, -0.15) is 0 Å². The van der Waals surface area contributed by atoms with Crippen LogP contribution in [0, 0.1) is 0 Å². The lowest BCUT2D eigenvalue weighted by atomic mass is 9.94. The van der Waals surface area contributed by atoms with E-state index in [1.165, 1.54) is 38.5 Å². The molecule has 0 aromatic heterocycles. The normalized spacial score (nSPS) is 28.1. The monoisotopic (exact) mass is 279 g/mol. The molecule has 1 amide bonds. The van der Waals surface area contributed by atoms with E-state index >= 15 is 0 Å². The van der Waals surface area contributed by atoms with Crippen LogP contribution in [-0.2, 0) is 4.79 Å². The molecule has 0 unspecified atom stereocenters. The van der Waals surface area contributed by atoms with Crippen LogP contribution >= 0.6 is 0 Å². The number of amides is 1. The lowest BCUT2D eigenvalue weighted by molar-refractivity contribution is -0.134. The van der Waals surface area contributed by atoms with Crippen molar-refractivity contribution < 1.29 is 4.79 Å². The molecular weight excluding hydrogens is 250 g/mol. The summed E-state index contributed by atoms with van der Waals surface area (Å²) in [5.74, 6) is 0.292. The van der Waals surface area contributed by atoms with E-state index < -0.39 is 0 Å². The molecule has 4 nitrogen and oxygen atoms in total. The van der Waals surface area contributed by atoms with Crippen LogP contribution in [0.3, 0.4) is 0 Å². The van der Waals surface area contributed by atoms with Crippen LogP contribution in [0.2, 0.25) is 0 Å². The highest BCUT2D eigenvalue weighted by Gasteiger charge is 2.34. The number of hydrogen-bond donors (Lipinski definition) is 1. The molecule has 0 aromatic rings. The van der Waals surface area contributed by atoms with Crippen LogP contribution in [0.4, 0.5) is 0 Å². The zero-order valence-electron chi connectivity index (χ0n) is 12.6. The molecule has 1 aliphatic heterocycles. The van der Waals surface area contributed by atoms with Crippen molar-refractivity contribution >= 4 is 5.91 Å². The van der Waals surface area contributed by atoms with Gasteiger partial charge in [0.1, 0.15) is 0 Å². The third-order valence-electron chi connectivity index (χ3n) is 5.61. The number of carbonyl (C=O) groups is 1. The van der Waals surface area contributed by atoms with Gasteiger partial charge in [-0.05, 0) is 25.7 Å². The van der Waals surface area contributed by atoms with E-state index in [4.69, 9.17) is 5.73 Å². The maximum absolute atomic E-state index is 12.4. The summed E-state index contributed by atoms with van der Waals surface area (Å²) in [6.07, 6.45) is 10.5. The second-order valence-electron chi connectivity index (χ2n) is 7.10. The molecule has 0 aromatic carbocycles. The Kier molecular flexibility index (Phi) is 4.32. The molecule has 3 rings (SSSR count). The smallest absolute Gasteiger partial charge is 0.224 e. The second-order valence-corrected chi connectivity index (χ2v) is 7.10. The van der Waals surface area contributed by atoms with Gasteiger partial charge in [0.15, 0.2) is 0 Å². The van der Waals surface area contributed by atoms with E-state index in [0.29, 0.717) is 12.3 Å². The topological polar surface area (TPSA) is 49.6 Å². The van der Waals surface area contributed by atoms with E-state index in [0.717, 1.165) is 45.1 Å². The average molecular weight is 279 g/mol. The van der Waals surface area contributed by atoms with Gasteiger partial charge in [-0.1, -0.05) is 25.7 Å². The lowest BCUT2D eigenvalue weighted by Gasteiger charge is -2.39. The van der Waals surface area contributed by atoms with Gasteiger partial charge in [-0.15, -0.1) is 0 Å². The molecule has 3 fully saturated rings. The molecule has 0 spiro atoms. The highest BCUT2D eigenvalue weighted by molar-refractivity contribution is 5.77. The molecule has 3 aliphatic rings. The Bertz CT molecular complexity index is 338. The Morgan fingerprint density at radius 1 is 1.00 bits per heavy atom. The van der Waals surface area contributed by atoms with Gasteiger partial charge < -0.3 is 10.6 Å². The van der Waals surface area contributed by atoms with Crippen LogP contribution in [0.25, 0.3) is 0 Å². The third kappa shape index (κ3) is 3.17. The maximum Gasteiger partial charge on any atom is 0.224 e. The summed E-state index contributed by atoms with van der Waals surface area (Å²) < 4.78 is 0. The lowest BCUT2D eigenvalue weighted by Crippen LogP contribution is -2.53. The predicted octanol–water partition coefficient (Wildman–Crippen LogP) is 1.73. The summed E-state index contributed by atoms with van der Waals surface area (Å²) in [6.45, 7) is 3.94. The first kappa shape index (κ1) is 14.3. The Labute approximate surface area is 122 Å². The van der Waals surface area contributed by atoms with E-state index in [-0.39, 0.29) is 5.54 Å². The van der Waals surface area contributed by atoms with Crippen molar-refractivity contribution in [1.82, 2.24) is 9.80 Å². The Morgan fingerprint density at radius 2 is 1.60 bits per heavy atom. The molecule has 0 atom stereocenters. The number of piperazine rings is 1. The summed E-state index contributed by atoms with van der Waals surface area (Å²) in [4.78, 5) is 17.1. The average Bonchev–Trinajstić information content (AvgIpc) is 3.10. The first-order valence-corrected chi connectivity index (χ1v) is 8.47. The minimum Gasteiger partial charge on any atom is -0.340 e. The molecule has 1 saturated heterocycles. The summed E-state index contributed by atoms with van der Waals surface area (Å²) in [5.41, 5.74) is 6.14. The quantitative estimate of drug-likeness (QED) is 0.856. The zero-order valence-corrected chi connectivity index (χ0v) is 12.6. The van der Waals surface area contributed by atoms with E-state index in [2.05, 4.69) is 9.80 Å². The minimum atomic E-state index is -0.195. The first-order valence-electron chi connectivity index (χ1n) is 8.47. The van der Waals surface area contributed by atoms with Gasteiger partial charge in [-0.3, -0.25) is 9.69 Å². The molecule has 2 N–H and O–H groups in total. The molecule has 2 aliphatic carbocycles. The fraction of sp³-hybridized carbons (Fsp3) is 0.938. The SMILES string of the molecule is NC1(CC(=O)N2CCN(C3CCCC3)CC2)CCCC1.